The first-order valence-electron chi connectivity index (χ1n) is 12.7. The molecule has 0 spiro atoms. The van der Waals surface area contributed by atoms with E-state index in [0.717, 1.165) is 61.1 Å². The summed E-state index contributed by atoms with van der Waals surface area (Å²) in [6.07, 6.45) is 6.80. The molecule has 0 radical (unpaired) electrons. The highest BCUT2D eigenvalue weighted by Crippen LogP contribution is 2.28. The molecule has 192 valence electrons. The van der Waals surface area contributed by atoms with Gasteiger partial charge in [0.05, 0.1) is 5.52 Å². The second-order valence-electron chi connectivity index (χ2n) is 9.38. The molecule has 1 aliphatic heterocycles. The Bertz CT molecular complexity index is 1170. The Morgan fingerprint density at radius 3 is 2.92 bits per heavy atom. The number of aliphatic carboxylic acids is 1. The predicted molar refractivity (Wildman–Crippen MR) is 141 cm³/mol. The van der Waals surface area contributed by atoms with Crippen molar-refractivity contribution in [3.63, 3.8) is 0 Å². The number of hydrogen-bond acceptors (Lipinski definition) is 8. The number of anilines is 2. The fourth-order valence-electron chi connectivity index (χ4n) is 4.71. The van der Waals surface area contributed by atoms with Gasteiger partial charge in [-0.25, -0.2) is 19.7 Å². The monoisotopic (exact) mass is 492 g/mol. The van der Waals surface area contributed by atoms with Gasteiger partial charge in [-0.05, 0) is 68.8 Å². The fraction of sp³-hybridized carbons (Fsp3) is 0.481. The van der Waals surface area contributed by atoms with Gasteiger partial charge in [0.25, 0.3) is 0 Å². The van der Waals surface area contributed by atoms with E-state index in [2.05, 4.69) is 38.1 Å². The van der Waals surface area contributed by atoms with Crippen LogP contribution >= 0.6 is 0 Å². The zero-order valence-electron chi connectivity index (χ0n) is 21.1. The number of unbranched alkanes of at least 4 members (excludes halogenated alkanes) is 1. The molecule has 0 amide bonds. The van der Waals surface area contributed by atoms with E-state index in [1.54, 1.807) is 7.11 Å². The first-order valence-corrected chi connectivity index (χ1v) is 12.7. The summed E-state index contributed by atoms with van der Waals surface area (Å²) in [5, 5.41) is 21.2. The summed E-state index contributed by atoms with van der Waals surface area (Å²) >= 11 is 0. The first kappa shape index (κ1) is 25.8. The third kappa shape index (κ3) is 5.91. The number of benzene rings is 1. The SMILES string of the molecule is COCCC(C)C(NCCCCc1ccc2c(n1)NCCC2)(Nc1ncnc2ccccc12)C(=O)O. The smallest absolute Gasteiger partial charge is 0.344 e. The normalized spacial score (nSPS) is 15.5. The lowest BCUT2D eigenvalue weighted by Crippen LogP contribution is -2.63. The molecule has 4 rings (SSSR count). The van der Waals surface area contributed by atoms with E-state index in [4.69, 9.17) is 9.72 Å². The minimum atomic E-state index is -1.41. The van der Waals surface area contributed by atoms with Gasteiger partial charge >= 0.3 is 5.97 Å². The molecule has 3 aromatic rings. The molecule has 4 N–H and O–H groups in total. The Morgan fingerprint density at radius 2 is 2.08 bits per heavy atom. The van der Waals surface area contributed by atoms with Crippen LogP contribution < -0.4 is 16.0 Å². The Morgan fingerprint density at radius 1 is 1.22 bits per heavy atom. The Kier molecular flexibility index (Phi) is 8.66. The molecule has 1 aliphatic rings. The molecular weight excluding hydrogens is 456 g/mol. The number of carboxylic acids is 1. The highest BCUT2D eigenvalue weighted by molar-refractivity contribution is 5.92. The van der Waals surface area contributed by atoms with Crippen LogP contribution in [0.4, 0.5) is 11.6 Å². The quantitative estimate of drug-likeness (QED) is 0.208. The summed E-state index contributed by atoms with van der Waals surface area (Å²) < 4.78 is 5.25. The number of carboxylic acid groups (broad SMARTS) is 1. The average Bonchev–Trinajstić information content (AvgIpc) is 2.90. The van der Waals surface area contributed by atoms with Gasteiger partial charge in [-0.3, -0.25) is 5.32 Å². The summed E-state index contributed by atoms with van der Waals surface area (Å²) in [5.41, 5.74) is 1.69. The molecule has 0 saturated heterocycles. The lowest BCUT2D eigenvalue weighted by molar-refractivity contribution is -0.146. The zero-order valence-corrected chi connectivity index (χ0v) is 21.1. The van der Waals surface area contributed by atoms with Crippen molar-refractivity contribution in [2.45, 2.75) is 51.1 Å². The zero-order chi connectivity index (χ0) is 25.4. The maximum atomic E-state index is 12.8. The van der Waals surface area contributed by atoms with Crippen LogP contribution in [0.3, 0.4) is 0 Å². The third-order valence-electron chi connectivity index (χ3n) is 6.91. The molecule has 2 aromatic heterocycles. The van der Waals surface area contributed by atoms with Crippen molar-refractivity contribution in [1.82, 2.24) is 20.3 Å². The number of ether oxygens (including phenoxy) is 1. The molecule has 9 heteroatoms. The van der Waals surface area contributed by atoms with Crippen molar-refractivity contribution in [3.05, 3.63) is 54.0 Å². The number of aromatic nitrogens is 3. The summed E-state index contributed by atoms with van der Waals surface area (Å²) in [7, 11) is 1.62. The molecule has 1 aromatic carbocycles. The number of methoxy groups -OCH3 is 1. The van der Waals surface area contributed by atoms with Crippen molar-refractivity contribution < 1.29 is 14.6 Å². The number of aryl methyl sites for hydroxylation is 2. The molecule has 0 fully saturated rings. The highest BCUT2D eigenvalue weighted by atomic mass is 16.5. The van der Waals surface area contributed by atoms with Crippen LogP contribution in [0, 0.1) is 5.92 Å². The molecule has 0 bridgehead atoms. The largest absolute Gasteiger partial charge is 0.478 e. The van der Waals surface area contributed by atoms with Gasteiger partial charge in [-0.1, -0.05) is 25.1 Å². The first-order chi connectivity index (χ1) is 17.5. The highest BCUT2D eigenvalue weighted by Gasteiger charge is 2.44. The molecular formula is C27H36N6O3. The van der Waals surface area contributed by atoms with Crippen molar-refractivity contribution in [2.24, 2.45) is 5.92 Å². The second-order valence-corrected chi connectivity index (χ2v) is 9.38. The van der Waals surface area contributed by atoms with Gasteiger partial charge in [-0.15, -0.1) is 0 Å². The molecule has 3 heterocycles. The average molecular weight is 493 g/mol. The summed E-state index contributed by atoms with van der Waals surface area (Å²) in [6, 6.07) is 11.9. The van der Waals surface area contributed by atoms with E-state index in [1.165, 1.54) is 11.9 Å². The van der Waals surface area contributed by atoms with Crippen molar-refractivity contribution >= 4 is 28.5 Å². The molecule has 2 atom stereocenters. The molecule has 36 heavy (non-hydrogen) atoms. The minimum Gasteiger partial charge on any atom is -0.478 e. The Labute approximate surface area is 212 Å². The van der Waals surface area contributed by atoms with E-state index < -0.39 is 11.6 Å². The van der Waals surface area contributed by atoms with Gasteiger partial charge in [0, 0.05) is 37.3 Å². The fourth-order valence-corrected chi connectivity index (χ4v) is 4.71. The van der Waals surface area contributed by atoms with Crippen molar-refractivity contribution in [1.29, 1.82) is 0 Å². The van der Waals surface area contributed by atoms with Crippen LogP contribution in [-0.2, 0) is 22.4 Å². The standard InChI is InChI=1S/C27H36N6O3/c1-19(14-17-36-2)27(26(34)35,33-25-22-10-3-4-11-23(22)29-18-30-25)31-16-6-5-9-21-13-12-20-8-7-15-28-24(20)32-21/h3-4,10-13,18-19,31H,5-9,14-17H2,1-2H3,(H,28,32)(H,34,35)(H,29,30,33). The number of para-hydroxylation sites is 1. The van der Waals surface area contributed by atoms with E-state index in [0.29, 0.717) is 25.4 Å². The molecule has 0 saturated carbocycles. The van der Waals surface area contributed by atoms with E-state index in [1.807, 2.05) is 31.2 Å². The van der Waals surface area contributed by atoms with E-state index >= 15 is 0 Å². The number of pyridine rings is 1. The molecule has 9 nitrogen and oxygen atoms in total. The van der Waals surface area contributed by atoms with E-state index in [-0.39, 0.29) is 5.92 Å². The Balaban J connectivity index is 1.45. The minimum absolute atomic E-state index is 0.280. The van der Waals surface area contributed by atoms with Gasteiger partial charge in [-0.2, -0.15) is 0 Å². The number of rotatable bonds is 13. The summed E-state index contributed by atoms with van der Waals surface area (Å²) in [4.78, 5) is 26.2. The maximum Gasteiger partial charge on any atom is 0.344 e. The topological polar surface area (TPSA) is 121 Å². The lowest BCUT2D eigenvalue weighted by Gasteiger charge is -2.37. The molecule has 0 aliphatic carbocycles. The third-order valence-corrected chi connectivity index (χ3v) is 6.91. The van der Waals surface area contributed by atoms with Crippen molar-refractivity contribution in [2.75, 3.05) is 37.4 Å². The van der Waals surface area contributed by atoms with Gasteiger partial charge < -0.3 is 20.5 Å². The lowest BCUT2D eigenvalue weighted by atomic mass is 9.90. The predicted octanol–water partition coefficient (Wildman–Crippen LogP) is 3.86. The van der Waals surface area contributed by atoms with Crippen molar-refractivity contribution in [3.8, 4) is 0 Å². The van der Waals surface area contributed by atoms with Crippen LogP contribution in [0.25, 0.3) is 10.9 Å². The maximum absolute atomic E-state index is 12.8. The number of nitrogens with zero attached hydrogens (tertiary/aromatic N) is 3. The number of nitrogens with one attached hydrogen (secondary N) is 3. The van der Waals surface area contributed by atoms with Crippen LogP contribution in [-0.4, -0.2) is 58.5 Å². The van der Waals surface area contributed by atoms with Crippen LogP contribution in [0.2, 0.25) is 0 Å². The Hall–Kier alpha value is -3.30. The summed E-state index contributed by atoms with van der Waals surface area (Å²) in [6.45, 7) is 3.88. The van der Waals surface area contributed by atoms with Gasteiger partial charge in [0.15, 0.2) is 5.66 Å². The van der Waals surface area contributed by atoms with Gasteiger partial charge in [0.2, 0.25) is 0 Å². The van der Waals surface area contributed by atoms with Crippen LogP contribution in [0.15, 0.2) is 42.7 Å². The number of carbonyl (C=O) groups is 1. The number of hydrogen-bond donors (Lipinski definition) is 4. The summed E-state index contributed by atoms with van der Waals surface area (Å²) in [5.74, 6) is 0.244. The van der Waals surface area contributed by atoms with Gasteiger partial charge in [0.1, 0.15) is 18.0 Å². The van der Waals surface area contributed by atoms with E-state index in [9.17, 15) is 9.90 Å². The molecule has 2 unspecified atom stereocenters. The second kappa shape index (κ2) is 12.1. The van der Waals surface area contributed by atoms with Crippen LogP contribution in [0.1, 0.15) is 43.9 Å². The van der Waals surface area contributed by atoms with Crippen LogP contribution in [0.5, 0.6) is 0 Å². The number of fused-ring (bicyclic) bond motifs is 2.